The zero-order valence-electron chi connectivity index (χ0n) is 9.41. The van der Waals surface area contributed by atoms with Gasteiger partial charge in [0.05, 0.1) is 12.8 Å². The molecule has 0 aliphatic rings. The molecule has 0 radical (unpaired) electrons. The van der Waals surface area contributed by atoms with Crippen LogP contribution in [-0.4, -0.2) is 27.0 Å². The molecular formula is C10H11N5O2. The van der Waals surface area contributed by atoms with Crippen LogP contribution >= 0.6 is 0 Å². The van der Waals surface area contributed by atoms with E-state index in [0.717, 1.165) is 5.69 Å². The number of anilines is 1. The van der Waals surface area contributed by atoms with Crippen molar-refractivity contribution < 1.29 is 9.47 Å². The monoisotopic (exact) mass is 233 g/mol. The average molecular weight is 233 g/mol. The van der Waals surface area contributed by atoms with Gasteiger partial charge in [0.2, 0.25) is 5.95 Å². The van der Waals surface area contributed by atoms with Gasteiger partial charge in [0.1, 0.15) is 0 Å². The summed E-state index contributed by atoms with van der Waals surface area (Å²) in [4.78, 5) is 15.6. The number of pyridine rings is 1. The largest absolute Gasteiger partial charge is 0.467 e. The Balaban J connectivity index is 2.30. The van der Waals surface area contributed by atoms with Crippen LogP contribution in [0.5, 0.6) is 17.8 Å². The Morgan fingerprint density at radius 2 is 1.94 bits per heavy atom. The molecule has 0 aromatic carbocycles. The van der Waals surface area contributed by atoms with Gasteiger partial charge < -0.3 is 15.2 Å². The van der Waals surface area contributed by atoms with Crippen molar-refractivity contribution in [1.82, 2.24) is 19.9 Å². The fourth-order valence-electron chi connectivity index (χ4n) is 1.17. The van der Waals surface area contributed by atoms with Crippen molar-refractivity contribution in [2.45, 2.75) is 6.92 Å². The Kier molecular flexibility index (Phi) is 2.99. The zero-order chi connectivity index (χ0) is 12.3. The van der Waals surface area contributed by atoms with E-state index in [1.807, 2.05) is 6.92 Å². The van der Waals surface area contributed by atoms with E-state index in [2.05, 4.69) is 19.9 Å². The van der Waals surface area contributed by atoms with Crippen LogP contribution in [0.25, 0.3) is 0 Å². The second kappa shape index (κ2) is 4.60. The second-order valence-corrected chi connectivity index (χ2v) is 3.15. The molecule has 0 saturated carbocycles. The molecule has 2 N–H and O–H groups in total. The van der Waals surface area contributed by atoms with E-state index in [1.54, 1.807) is 18.3 Å². The predicted molar refractivity (Wildman–Crippen MR) is 59.8 cm³/mol. The minimum Gasteiger partial charge on any atom is -0.467 e. The highest BCUT2D eigenvalue weighted by Gasteiger charge is 2.08. The summed E-state index contributed by atoms with van der Waals surface area (Å²) >= 11 is 0. The van der Waals surface area contributed by atoms with Gasteiger partial charge in [-0.25, -0.2) is 0 Å². The number of nitrogens with zero attached hydrogens (tertiary/aromatic N) is 4. The molecule has 2 aromatic rings. The van der Waals surface area contributed by atoms with Crippen molar-refractivity contribution in [3.63, 3.8) is 0 Å². The molecule has 2 aromatic heterocycles. The molecule has 7 nitrogen and oxygen atoms in total. The highest BCUT2D eigenvalue weighted by atomic mass is 16.5. The van der Waals surface area contributed by atoms with Gasteiger partial charge in [-0.1, -0.05) is 0 Å². The Hall–Kier alpha value is -2.44. The van der Waals surface area contributed by atoms with Gasteiger partial charge in [0.25, 0.3) is 0 Å². The van der Waals surface area contributed by atoms with E-state index in [1.165, 1.54) is 7.11 Å². The van der Waals surface area contributed by atoms with Gasteiger partial charge in [-0.05, 0) is 19.1 Å². The van der Waals surface area contributed by atoms with Crippen molar-refractivity contribution >= 4 is 5.95 Å². The van der Waals surface area contributed by atoms with Crippen LogP contribution in [0.1, 0.15) is 5.69 Å². The minimum atomic E-state index is 0.0355. The van der Waals surface area contributed by atoms with Gasteiger partial charge in [-0.15, -0.1) is 4.98 Å². The van der Waals surface area contributed by atoms with Crippen LogP contribution in [0, 0.1) is 6.92 Å². The lowest BCUT2D eigenvalue weighted by molar-refractivity contribution is 0.359. The lowest BCUT2D eigenvalue weighted by atomic mass is 10.3. The fourth-order valence-corrected chi connectivity index (χ4v) is 1.17. The van der Waals surface area contributed by atoms with Crippen LogP contribution < -0.4 is 15.2 Å². The zero-order valence-corrected chi connectivity index (χ0v) is 9.41. The highest BCUT2D eigenvalue weighted by molar-refractivity contribution is 5.29. The third-order valence-electron chi connectivity index (χ3n) is 1.95. The molecule has 0 fully saturated rings. The maximum absolute atomic E-state index is 5.49. The molecule has 2 rings (SSSR count). The first-order valence-electron chi connectivity index (χ1n) is 4.84. The molecule has 2 heterocycles. The molecule has 0 atom stereocenters. The number of hydrogen-bond donors (Lipinski definition) is 1. The summed E-state index contributed by atoms with van der Waals surface area (Å²) in [5, 5.41) is 0. The van der Waals surface area contributed by atoms with E-state index in [9.17, 15) is 0 Å². The third-order valence-corrected chi connectivity index (χ3v) is 1.95. The predicted octanol–water partition coefficient (Wildman–Crippen LogP) is 0.958. The van der Waals surface area contributed by atoms with E-state index in [-0.39, 0.29) is 18.0 Å². The van der Waals surface area contributed by atoms with E-state index in [4.69, 9.17) is 15.2 Å². The summed E-state index contributed by atoms with van der Waals surface area (Å²) in [6, 6.07) is 3.69. The van der Waals surface area contributed by atoms with Crippen LogP contribution in [-0.2, 0) is 0 Å². The van der Waals surface area contributed by atoms with Crippen LogP contribution in [0.15, 0.2) is 18.3 Å². The van der Waals surface area contributed by atoms with Crippen LogP contribution in [0.3, 0.4) is 0 Å². The maximum Gasteiger partial charge on any atom is 0.330 e. The van der Waals surface area contributed by atoms with Crippen molar-refractivity contribution in [3.8, 4) is 17.8 Å². The maximum atomic E-state index is 5.49. The summed E-state index contributed by atoms with van der Waals surface area (Å²) in [6.07, 6.45) is 1.67. The molecule has 7 heteroatoms. The van der Waals surface area contributed by atoms with Gasteiger partial charge in [-0.3, -0.25) is 4.98 Å². The first kappa shape index (κ1) is 11.1. The van der Waals surface area contributed by atoms with Crippen LogP contribution in [0.4, 0.5) is 5.95 Å². The Morgan fingerprint density at radius 3 is 2.65 bits per heavy atom. The molecule has 0 amide bonds. The number of rotatable bonds is 3. The number of aromatic nitrogens is 4. The van der Waals surface area contributed by atoms with Gasteiger partial charge in [0.15, 0.2) is 5.75 Å². The van der Waals surface area contributed by atoms with Crippen molar-refractivity contribution in [1.29, 1.82) is 0 Å². The molecule has 17 heavy (non-hydrogen) atoms. The molecule has 0 saturated heterocycles. The standard InChI is InChI=1S/C10H11N5O2/c1-6-7(4-3-5-12-6)17-10-14-8(11)13-9(15-10)16-2/h3-5H,1-2H3,(H2,11,13,14,15). The van der Waals surface area contributed by atoms with Crippen LogP contribution in [0.2, 0.25) is 0 Å². The number of methoxy groups -OCH3 is 1. The fraction of sp³-hybridized carbons (Fsp3) is 0.200. The number of ether oxygens (including phenoxy) is 2. The van der Waals surface area contributed by atoms with Crippen molar-refractivity contribution in [2.24, 2.45) is 0 Å². The first-order chi connectivity index (χ1) is 8.19. The molecule has 88 valence electrons. The van der Waals surface area contributed by atoms with E-state index in [0.29, 0.717) is 5.75 Å². The Morgan fingerprint density at radius 1 is 1.18 bits per heavy atom. The average Bonchev–Trinajstić information content (AvgIpc) is 2.31. The van der Waals surface area contributed by atoms with Crippen molar-refractivity contribution in [3.05, 3.63) is 24.0 Å². The lowest BCUT2D eigenvalue weighted by Crippen LogP contribution is -2.03. The number of nitrogens with two attached hydrogens (primary N) is 1. The Bertz CT molecular complexity index is 532. The smallest absolute Gasteiger partial charge is 0.330 e. The summed E-state index contributed by atoms with van der Waals surface area (Å²) in [7, 11) is 1.44. The summed E-state index contributed by atoms with van der Waals surface area (Å²) in [6.45, 7) is 1.82. The molecule has 0 bridgehead atoms. The number of aryl methyl sites for hydroxylation is 1. The second-order valence-electron chi connectivity index (χ2n) is 3.15. The lowest BCUT2D eigenvalue weighted by Gasteiger charge is -2.06. The first-order valence-corrected chi connectivity index (χ1v) is 4.84. The number of hydrogen-bond acceptors (Lipinski definition) is 7. The SMILES string of the molecule is COc1nc(N)nc(Oc2cccnc2C)n1. The topological polar surface area (TPSA) is 96.0 Å². The third kappa shape index (κ3) is 2.57. The normalized spacial score (nSPS) is 10.0. The molecule has 0 unspecified atom stereocenters. The quantitative estimate of drug-likeness (QED) is 0.843. The summed E-state index contributed by atoms with van der Waals surface area (Å²) in [5.41, 5.74) is 6.22. The minimum absolute atomic E-state index is 0.0355. The Labute approximate surface area is 97.7 Å². The highest BCUT2D eigenvalue weighted by Crippen LogP contribution is 2.21. The molecule has 0 aliphatic heterocycles. The molecular weight excluding hydrogens is 222 g/mol. The van der Waals surface area contributed by atoms with Gasteiger partial charge in [-0.2, -0.15) is 9.97 Å². The van der Waals surface area contributed by atoms with Crippen molar-refractivity contribution in [2.75, 3.05) is 12.8 Å². The van der Waals surface area contributed by atoms with Gasteiger partial charge in [0, 0.05) is 6.20 Å². The van der Waals surface area contributed by atoms with E-state index >= 15 is 0 Å². The summed E-state index contributed by atoms with van der Waals surface area (Å²) in [5.74, 6) is 0.591. The van der Waals surface area contributed by atoms with E-state index < -0.39 is 0 Å². The summed E-state index contributed by atoms with van der Waals surface area (Å²) < 4.78 is 10.3. The molecule has 0 aliphatic carbocycles. The molecule has 0 spiro atoms. The number of nitrogen functional groups attached to an aromatic ring is 1. The van der Waals surface area contributed by atoms with Gasteiger partial charge >= 0.3 is 12.0 Å².